The summed E-state index contributed by atoms with van der Waals surface area (Å²) in [5, 5.41) is 4.54. The fourth-order valence-electron chi connectivity index (χ4n) is 5.81. The number of carbonyl (C=O) groups excluding carboxylic acids is 1. The van der Waals surface area contributed by atoms with Crippen molar-refractivity contribution < 1.29 is 4.79 Å². The maximum absolute atomic E-state index is 13.4. The van der Waals surface area contributed by atoms with Gasteiger partial charge in [0.1, 0.15) is 0 Å². The Morgan fingerprint density at radius 1 is 1.08 bits per heavy atom. The van der Waals surface area contributed by atoms with Crippen molar-refractivity contribution in [3.8, 4) is 0 Å². The summed E-state index contributed by atoms with van der Waals surface area (Å²) in [5.41, 5.74) is 1.48. The zero-order valence-corrected chi connectivity index (χ0v) is 16.6. The van der Waals surface area contributed by atoms with Gasteiger partial charge in [0.25, 0.3) is 0 Å². The summed E-state index contributed by atoms with van der Waals surface area (Å²) < 4.78 is 0. The third kappa shape index (κ3) is 3.35. The summed E-state index contributed by atoms with van der Waals surface area (Å²) in [6.45, 7) is 4.67. The molecule has 0 spiro atoms. The quantitative estimate of drug-likeness (QED) is 0.784. The standard InChI is InChI=1S/C22H32N2OS/c25-22(17-4-2-1-3-5-17)24-14-19(18-9-11-26-15-18)20-13-23(10-8-21(20)24)12-16-6-7-16/h9,11,15-17,19-21H,1-8,10,12-14H2/t19-,20-,21-/m1/s1. The Labute approximate surface area is 161 Å². The van der Waals surface area contributed by atoms with Crippen LogP contribution in [-0.4, -0.2) is 47.9 Å². The summed E-state index contributed by atoms with van der Waals surface area (Å²) in [5.74, 6) is 2.97. The van der Waals surface area contributed by atoms with Gasteiger partial charge in [0.05, 0.1) is 0 Å². The van der Waals surface area contributed by atoms with E-state index >= 15 is 0 Å². The maximum Gasteiger partial charge on any atom is 0.225 e. The van der Waals surface area contributed by atoms with Crippen LogP contribution in [0.1, 0.15) is 62.8 Å². The molecule has 2 aliphatic carbocycles. The molecule has 0 N–H and O–H groups in total. The molecule has 0 bridgehead atoms. The van der Waals surface area contributed by atoms with Crippen LogP contribution >= 0.6 is 11.3 Å². The number of nitrogens with zero attached hydrogens (tertiary/aromatic N) is 2. The second-order valence-electron chi connectivity index (χ2n) is 9.21. The van der Waals surface area contributed by atoms with E-state index in [2.05, 4.69) is 26.6 Å². The van der Waals surface area contributed by atoms with Gasteiger partial charge < -0.3 is 9.80 Å². The Morgan fingerprint density at radius 2 is 1.92 bits per heavy atom. The van der Waals surface area contributed by atoms with Crippen LogP contribution in [-0.2, 0) is 4.79 Å². The molecule has 142 valence electrons. The summed E-state index contributed by atoms with van der Waals surface area (Å²) in [4.78, 5) is 18.4. The number of amides is 1. The smallest absolute Gasteiger partial charge is 0.225 e. The van der Waals surface area contributed by atoms with Crippen LogP contribution in [0.3, 0.4) is 0 Å². The van der Waals surface area contributed by atoms with Crippen molar-refractivity contribution in [1.82, 2.24) is 9.80 Å². The molecule has 4 heteroatoms. The number of fused-ring (bicyclic) bond motifs is 1. The first-order valence-corrected chi connectivity index (χ1v) is 11.8. The molecule has 2 saturated carbocycles. The highest BCUT2D eigenvalue weighted by atomic mass is 32.1. The predicted octanol–water partition coefficient (Wildman–Crippen LogP) is 4.35. The highest BCUT2D eigenvalue weighted by Gasteiger charge is 2.48. The molecular formula is C22H32N2OS. The van der Waals surface area contributed by atoms with E-state index in [0.29, 0.717) is 29.7 Å². The molecule has 3 heterocycles. The van der Waals surface area contributed by atoms with E-state index in [4.69, 9.17) is 0 Å². The summed E-state index contributed by atoms with van der Waals surface area (Å²) in [7, 11) is 0. The number of hydrogen-bond acceptors (Lipinski definition) is 3. The lowest BCUT2D eigenvalue weighted by Gasteiger charge is -2.40. The third-order valence-corrected chi connectivity index (χ3v) is 8.14. The van der Waals surface area contributed by atoms with E-state index in [1.54, 1.807) is 0 Å². The van der Waals surface area contributed by atoms with Gasteiger partial charge in [-0.05, 0) is 60.4 Å². The van der Waals surface area contributed by atoms with Crippen molar-refractivity contribution in [1.29, 1.82) is 0 Å². The van der Waals surface area contributed by atoms with Crippen LogP contribution in [0.4, 0.5) is 0 Å². The van der Waals surface area contributed by atoms with E-state index in [0.717, 1.165) is 25.3 Å². The van der Waals surface area contributed by atoms with Crippen molar-refractivity contribution in [2.45, 2.75) is 63.3 Å². The van der Waals surface area contributed by atoms with Crippen LogP contribution in [0.5, 0.6) is 0 Å². The van der Waals surface area contributed by atoms with Crippen molar-refractivity contribution >= 4 is 17.2 Å². The molecule has 4 fully saturated rings. The first-order chi connectivity index (χ1) is 12.8. The lowest BCUT2D eigenvalue weighted by Crippen LogP contribution is -2.49. The van der Waals surface area contributed by atoms with Crippen LogP contribution in [0.25, 0.3) is 0 Å². The number of hydrogen-bond donors (Lipinski definition) is 0. The molecule has 2 saturated heterocycles. The molecule has 1 aromatic heterocycles. The first kappa shape index (κ1) is 17.2. The van der Waals surface area contributed by atoms with E-state index in [9.17, 15) is 4.79 Å². The van der Waals surface area contributed by atoms with E-state index < -0.39 is 0 Å². The minimum atomic E-state index is 0.315. The topological polar surface area (TPSA) is 23.6 Å². The van der Waals surface area contributed by atoms with Crippen LogP contribution < -0.4 is 0 Å². The summed E-state index contributed by atoms with van der Waals surface area (Å²) in [6.07, 6.45) is 10.1. The van der Waals surface area contributed by atoms with Crippen molar-refractivity contribution in [2.24, 2.45) is 17.8 Å². The van der Waals surface area contributed by atoms with Gasteiger partial charge in [-0.25, -0.2) is 0 Å². The number of thiophene rings is 1. The zero-order chi connectivity index (χ0) is 17.5. The summed E-state index contributed by atoms with van der Waals surface area (Å²) >= 11 is 1.81. The van der Waals surface area contributed by atoms with Gasteiger partial charge in [0.15, 0.2) is 0 Å². The van der Waals surface area contributed by atoms with Gasteiger partial charge in [-0.2, -0.15) is 11.3 Å². The predicted molar refractivity (Wildman–Crippen MR) is 106 cm³/mol. The Balaban J connectivity index is 1.35. The van der Waals surface area contributed by atoms with E-state index in [1.165, 1.54) is 63.7 Å². The van der Waals surface area contributed by atoms with Crippen LogP contribution in [0.15, 0.2) is 16.8 Å². The lowest BCUT2D eigenvalue weighted by molar-refractivity contribution is -0.138. The van der Waals surface area contributed by atoms with Gasteiger partial charge in [-0.15, -0.1) is 0 Å². The molecule has 0 aromatic carbocycles. The Bertz CT molecular complexity index is 620. The highest BCUT2D eigenvalue weighted by molar-refractivity contribution is 7.08. The number of rotatable bonds is 4. The van der Waals surface area contributed by atoms with Crippen LogP contribution in [0, 0.1) is 17.8 Å². The molecule has 4 aliphatic rings. The van der Waals surface area contributed by atoms with Gasteiger partial charge in [-0.3, -0.25) is 4.79 Å². The average molecular weight is 373 g/mol. The molecule has 3 nitrogen and oxygen atoms in total. The second-order valence-corrected chi connectivity index (χ2v) is 9.99. The Hall–Kier alpha value is -0.870. The minimum absolute atomic E-state index is 0.315. The molecule has 2 aliphatic heterocycles. The average Bonchev–Trinajstić information content (AvgIpc) is 3.19. The monoisotopic (exact) mass is 372 g/mol. The molecule has 5 rings (SSSR count). The highest BCUT2D eigenvalue weighted by Crippen LogP contribution is 2.44. The SMILES string of the molecule is O=C(C1CCCCC1)N1C[C@H](c2ccsc2)[C@H]2CN(CC3CC3)CC[C@H]21. The molecule has 0 radical (unpaired) electrons. The number of piperidine rings is 1. The maximum atomic E-state index is 13.4. The van der Waals surface area contributed by atoms with Gasteiger partial charge in [0.2, 0.25) is 5.91 Å². The number of likely N-dealkylation sites (tertiary alicyclic amines) is 2. The van der Waals surface area contributed by atoms with E-state index in [-0.39, 0.29) is 0 Å². The Morgan fingerprint density at radius 3 is 2.65 bits per heavy atom. The lowest BCUT2D eigenvalue weighted by atomic mass is 9.82. The van der Waals surface area contributed by atoms with Crippen molar-refractivity contribution in [2.75, 3.05) is 26.2 Å². The fraction of sp³-hybridized carbons (Fsp3) is 0.773. The zero-order valence-electron chi connectivity index (χ0n) is 15.8. The van der Waals surface area contributed by atoms with Gasteiger partial charge in [0, 0.05) is 50.0 Å². The second kappa shape index (κ2) is 7.27. The molecule has 3 atom stereocenters. The fourth-order valence-corrected chi connectivity index (χ4v) is 6.54. The van der Waals surface area contributed by atoms with Gasteiger partial charge >= 0.3 is 0 Å². The molecular weight excluding hydrogens is 340 g/mol. The van der Waals surface area contributed by atoms with Gasteiger partial charge in [-0.1, -0.05) is 19.3 Å². The molecule has 26 heavy (non-hydrogen) atoms. The van der Waals surface area contributed by atoms with E-state index in [1.807, 2.05) is 11.3 Å². The minimum Gasteiger partial charge on any atom is -0.338 e. The van der Waals surface area contributed by atoms with Crippen molar-refractivity contribution in [3.63, 3.8) is 0 Å². The number of carbonyl (C=O) groups is 1. The normalized spacial score (nSPS) is 33.4. The molecule has 0 unspecified atom stereocenters. The van der Waals surface area contributed by atoms with Crippen LogP contribution in [0.2, 0.25) is 0 Å². The first-order valence-electron chi connectivity index (χ1n) is 10.8. The molecule has 1 amide bonds. The molecule has 1 aromatic rings. The summed E-state index contributed by atoms with van der Waals surface area (Å²) in [6, 6.07) is 2.80. The largest absolute Gasteiger partial charge is 0.338 e. The Kier molecular flexibility index (Phi) is 4.82. The third-order valence-electron chi connectivity index (χ3n) is 7.44. The van der Waals surface area contributed by atoms with Crippen molar-refractivity contribution in [3.05, 3.63) is 22.4 Å².